The van der Waals surface area contributed by atoms with Crippen LogP contribution >= 0.6 is 11.6 Å². The minimum atomic E-state index is -1.23. The first-order chi connectivity index (χ1) is 10.8. The first kappa shape index (κ1) is 16.8. The van der Waals surface area contributed by atoms with E-state index in [2.05, 4.69) is 4.98 Å². The Labute approximate surface area is 133 Å². The molecule has 2 aromatic rings. The van der Waals surface area contributed by atoms with Gasteiger partial charge in [-0.3, -0.25) is 0 Å². The first-order valence-electron chi connectivity index (χ1n) is 6.29. The van der Waals surface area contributed by atoms with Gasteiger partial charge in [0.05, 0.1) is 10.6 Å². The van der Waals surface area contributed by atoms with E-state index >= 15 is 0 Å². The van der Waals surface area contributed by atoms with E-state index in [9.17, 15) is 23.7 Å². The number of ether oxygens (including phenoxy) is 1. The minimum absolute atomic E-state index is 0.0187. The van der Waals surface area contributed by atoms with Crippen LogP contribution in [-0.4, -0.2) is 27.1 Å². The molecule has 0 aliphatic heterocycles. The summed E-state index contributed by atoms with van der Waals surface area (Å²) in [4.78, 5) is 25.8. The van der Waals surface area contributed by atoms with Gasteiger partial charge in [0.1, 0.15) is 19.3 Å². The summed E-state index contributed by atoms with van der Waals surface area (Å²) in [6, 6.07) is 1.29. The fourth-order valence-corrected chi connectivity index (χ4v) is 2.09. The van der Waals surface area contributed by atoms with E-state index in [0.717, 1.165) is 6.20 Å². The van der Waals surface area contributed by atoms with Crippen molar-refractivity contribution in [2.75, 3.05) is 6.61 Å². The predicted molar refractivity (Wildman–Crippen MR) is 75.3 cm³/mol. The van der Waals surface area contributed by atoms with Gasteiger partial charge in [0, 0.05) is 6.92 Å². The lowest BCUT2D eigenvalue weighted by Gasteiger charge is -2.07. The highest BCUT2D eigenvalue weighted by Gasteiger charge is 2.19. The van der Waals surface area contributed by atoms with Gasteiger partial charge in [0.15, 0.2) is 17.5 Å². The van der Waals surface area contributed by atoms with E-state index in [1.165, 1.54) is 4.57 Å². The summed E-state index contributed by atoms with van der Waals surface area (Å²) in [5.74, 6) is -3.25. The van der Waals surface area contributed by atoms with Crippen LogP contribution in [0.15, 0.2) is 18.3 Å². The van der Waals surface area contributed by atoms with E-state index in [1.54, 1.807) is 6.92 Å². The molecule has 0 fully saturated rings. The van der Waals surface area contributed by atoms with Crippen molar-refractivity contribution in [1.82, 2.24) is 9.55 Å². The number of carbonyl (C=O) groups excluding carboxylic acids is 1. The molecule has 0 radical (unpaired) electrons. The molecule has 0 saturated heterocycles. The molecule has 10 heteroatoms. The average Bonchev–Trinajstić information content (AvgIpc) is 2.84. The van der Waals surface area contributed by atoms with Crippen molar-refractivity contribution in [3.8, 4) is 0 Å². The molecule has 0 aliphatic rings. The summed E-state index contributed by atoms with van der Waals surface area (Å²) in [6.45, 7) is 1.31. The van der Waals surface area contributed by atoms with Crippen LogP contribution in [0.2, 0.25) is 5.02 Å². The Morgan fingerprint density at radius 2 is 2.09 bits per heavy atom. The molecule has 1 heterocycles. The van der Waals surface area contributed by atoms with Crippen LogP contribution in [-0.2, 0) is 11.3 Å². The number of aryl methyl sites for hydroxylation is 1. The zero-order chi connectivity index (χ0) is 17.1. The largest absolute Gasteiger partial charge is 0.458 e. The molecular weight excluding hydrogens is 336 g/mol. The van der Waals surface area contributed by atoms with Gasteiger partial charge in [0.25, 0.3) is 0 Å². The van der Waals surface area contributed by atoms with Crippen LogP contribution in [0.3, 0.4) is 0 Å². The first-order valence-corrected chi connectivity index (χ1v) is 6.67. The molecule has 0 aliphatic carbocycles. The maximum Gasteiger partial charge on any atom is 0.342 e. The second-order valence-corrected chi connectivity index (χ2v) is 4.86. The highest BCUT2D eigenvalue weighted by molar-refractivity contribution is 6.33. The molecule has 122 valence electrons. The number of rotatable bonds is 5. The SMILES string of the molecule is Cc1ncc([N+](=O)[O-])n1CCOC(=O)c1cc(F)c(F)cc1Cl. The Balaban J connectivity index is 2.05. The standard InChI is InChI=1S/C13H10ClF2N3O4/c1-7-17-6-12(19(21)22)18(7)2-3-23-13(20)8-4-10(15)11(16)5-9(8)14/h4-6H,2-3H2,1H3. The van der Waals surface area contributed by atoms with Crippen molar-refractivity contribution >= 4 is 23.4 Å². The van der Waals surface area contributed by atoms with Gasteiger partial charge in [-0.2, -0.15) is 0 Å². The number of carbonyl (C=O) groups is 1. The van der Waals surface area contributed by atoms with Crippen LogP contribution in [0.5, 0.6) is 0 Å². The molecule has 0 atom stereocenters. The summed E-state index contributed by atoms with van der Waals surface area (Å²) < 4.78 is 32.2. The maximum absolute atomic E-state index is 13.1. The van der Waals surface area contributed by atoms with Crippen molar-refractivity contribution in [2.24, 2.45) is 0 Å². The topological polar surface area (TPSA) is 87.3 Å². The Kier molecular flexibility index (Phi) is 4.89. The molecule has 1 aromatic carbocycles. The van der Waals surface area contributed by atoms with Crippen LogP contribution in [0.1, 0.15) is 16.2 Å². The highest BCUT2D eigenvalue weighted by Crippen LogP contribution is 2.21. The van der Waals surface area contributed by atoms with Crippen molar-refractivity contribution in [3.63, 3.8) is 0 Å². The van der Waals surface area contributed by atoms with Crippen LogP contribution in [0.25, 0.3) is 0 Å². The van der Waals surface area contributed by atoms with E-state index < -0.39 is 22.5 Å². The molecule has 0 saturated carbocycles. The molecule has 23 heavy (non-hydrogen) atoms. The van der Waals surface area contributed by atoms with Gasteiger partial charge in [-0.1, -0.05) is 11.6 Å². The van der Waals surface area contributed by atoms with Crippen molar-refractivity contribution in [3.05, 3.63) is 56.5 Å². The van der Waals surface area contributed by atoms with E-state index in [1.807, 2.05) is 0 Å². The second-order valence-electron chi connectivity index (χ2n) is 4.45. The Hall–Kier alpha value is -2.55. The number of nitro groups is 1. The summed E-state index contributed by atoms with van der Waals surface area (Å²) in [6.07, 6.45) is 1.09. The van der Waals surface area contributed by atoms with Gasteiger partial charge in [-0.15, -0.1) is 0 Å². The Morgan fingerprint density at radius 1 is 1.43 bits per heavy atom. The maximum atomic E-state index is 13.1. The molecular formula is C13H10ClF2N3O4. The fourth-order valence-electron chi connectivity index (χ4n) is 1.86. The summed E-state index contributed by atoms with van der Waals surface area (Å²) in [5, 5.41) is 10.5. The minimum Gasteiger partial charge on any atom is -0.458 e. The van der Waals surface area contributed by atoms with E-state index in [0.29, 0.717) is 18.0 Å². The number of nitrogens with zero attached hydrogens (tertiary/aromatic N) is 3. The van der Waals surface area contributed by atoms with Crippen molar-refractivity contribution in [2.45, 2.75) is 13.5 Å². The molecule has 0 spiro atoms. The zero-order valence-corrected chi connectivity index (χ0v) is 12.5. The van der Waals surface area contributed by atoms with Crippen molar-refractivity contribution in [1.29, 1.82) is 0 Å². The zero-order valence-electron chi connectivity index (χ0n) is 11.8. The number of imidazole rings is 1. The van der Waals surface area contributed by atoms with Gasteiger partial charge >= 0.3 is 11.8 Å². The average molecular weight is 346 g/mol. The molecule has 0 unspecified atom stereocenters. The lowest BCUT2D eigenvalue weighted by atomic mass is 10.2. The van der Waals surface area contributed by atoms with Crippen LogP contribution < -0.4 is 0 Å². The highest BCUT2D eigenvalue weighted by atomic mass is 35.5. The number of esters is 1. The monoisotopic (exact) mass is 345 g/mol. The Morgan fingerprint density at radius 3 is 2.74 bits per heavy atom. The van der Waals surface area contributed by atoms with Gasteiger partial charge in [-0.25, -0.2) is 23.1 Å². The third kappa shape index (κ3) is 3.62. The Bertz CT molecular complexity index is 779. The number of aromatic nitrogens is 2. The summed E-state index contributed by atoms with van der Waals surface area (Å²) >= 11 is 5.65. The molecule has 1 aromatic heterocycles. The molecule has 0 bridgehead atoms. The van der Waals surface area contributed by atoms with Crippen LogP contribution in [0.4, 0.5) is 14.6 Å². The summed E-state index contributed by atoms with van der Waals surface area (Å²) in [5.41, 5.74) is -0.331. The molecule has 2 rings (SSSR count). The van der Waals surface area contributed by atoms with Gasteiger partial charge in [-0.05, 0) is 17.1 Å². The van der Waals surface area contributed by atoms with E-state index in [4.69, 9.17) is 16.3 Å². The number of halogens is 3. The smallest absolute Gasteiger partial charge is 0.342 e. The lowest BCUT2D eigenvalue weighted by molar-refractivity contribution is -0.392. The third-order valence-corrected chi connectivity index (χ3v) is 3.31. The molecule has 7 nitrogen and oxygen atoms in total. The number of hydrogen-bond donors (Lipinski definition) is 0. The molecule has 0 amide bonds. The number of benzene rings is 1. The van der Waals surface area contributed by atoms with E-state index in [-0.39, 0.29) is 29.6 Å². The third-order valence-electron chi connectivity index (χ3n) is 3.00. The number of hydrogen-bond acceptors (Lipinski definition) is 5. The quantitative estimate of drug-likeness (QED) is 0.360. The van der Waals surface area contributed by atoms with Gasteiger partial charge < -0.3 is 14.9 Å². The lowest BCUT2D eigenvalue weighted by Crippen LogP contribution is -2.14. The predicted octanol–water partition coefficient (Wildman–Crippen LogP) is 2.89. The second kappa shape index (κ2) is 6.69. The summed E-state index contributed by atoms with van der Waals surface area (Å²) in [7, 11) is 0. The molecule has 0 N–H and O–H groups in total. The van der Waals surface area contributed by atoms with Gasteiger partial charge in [0.2, 0.25) is 0 Å². The van der Waals surface area contributed by atoms with Crippen molar-refractivity contribution < 1.29 is 23.2 Å². The normalized spacial score (nSPS) is 10.6. The van der Waals surface area contributed by atoms with Crippen LogP contribution in [0, 0.1) is 28.7 Å². The fraction of sp³-hybridized carbons (Fsp3) is 0.231.